The third-order valence-electron chi connectivity index (χ3n) is 3.81. The number of benzene rings is 1. The van der Waals surface area contributed by atoms with Gasteiger partial charge in [0.05, 0.1) is 10.7 Å². The Kier molecular flexibility index (Phi) is 3.72. The van der Waals surface area contributed by atoms with Crippen LogP contribution in [-0.2, 0) is 0 Å². The van der Waals surface area contributed by atoms with Crippen LogP contribution in [0.15, 0.2) is 18.2 Å². The van der Waals surface area contributed by atoms with Crippen LogP contribution < -0.4 is 10.6 Å². The Balaban J connectivity index is 2.03. The molecule has 5 heteroatoms. The van der Waals surface area contributed by atoms with Crippen molar-refractivity contribution in [3.05, 3.63) is 40.2 Å². The summed E-state index contributed by atoms with van der Waals surface area (Å²) in [7, 11) is 1.89. The standard InChI is InChI=1S/C16H19ClN4/c1-9-5-4-6-12(17)13(9)19-15-10(2)14(18-3)20-16(21-15)11-7-8-11/h4-6,11H,7-8H2,1-3H3,(H2,18,19,20,21). The van der Waals surface area contributed by atoms with Gasteiger partial charge >= 0.3 is 0 Å². The van der Waals surface area contributed by atoms with Crippen LogP contribution >= 0.6 is 11.6 Å². The monoisotopic (exact) mass is 302 g/mol. The average Bonchev–Trinajstić information content (AvgIpc) is 3.29. The number of aryl methyl sites for hydroxylation is 1. The molecule has 4 nitrogen and oxygen atoms in total. The van der Waals surface area contributed by atoms with Crippen LogP contribution in [0.25, 0.3) is 0 Å². The molecule has 3 rings (SSSR count). The number of nitrogens with one attached hydrogen (secondary N) is 2. The molecular formula is C16H19ClN4. The van der Waals surface area contributed by atoms with E-state index >= 15 is 0 Å². The second kappa shape index (κ2) is 5.53. The van der Waals surface area contributed by atoms with E-state index in [-0.39, 0.29) is 0 Å². The molecule has 110 valence electrons. The van der Waals surface area contributed by atoms with Crippen molar-refractivity contribution < 1.29 is 0 Å². The van der Waals surface area contributed by atoms with E-state index in [4.69, 9.17) is 16.6 Å². The van der Waals surface area contributed by atoms with Crippen LogP contribution in [0.3, 0.4) is 0 Å². The van der Waals surface area contributed by atoms with Gasteiger partial charge in [-0.1, -0.05) is 23.7 Å². The SMILES string of the molecule is CNc1nc(C2CC2)nc(Nc2c(C)cccc2Cl)c1C. The summed E-state index contributed by atoms with van der Waals surface area (Å²) < 4.78 is 0. The molecule has 2 N–H and O–H groups in total. The highest BCUT2D eigenvalue weighted by molar-refractivity contribution is 6.33. The smallest absolute Gasteiger partial charge is 0.139 e. The first-order valence-corrected chi connectivity index (χ1v) is 7.56. The maximum Gasteiger partial charge on any atom is 0.139 e. The fraction of sp³-hybridized carbons (Fsp3) is 0.375. The van der Waals surface area contributed by atoms with Gasteiger partial charge in [0.1, 0.15) is 17.5 Å². The molecular weight excluding hydrogens is 284 g/mol. The molecule has 1 aliphatic rings. The number of hydrogen-bond donors (Lipinski definition) is 2. The summed E-state index contributed by atoms with van der Waals surface area (Å²) in [5.41, 5.74) is 3.01. The summed E-state index contributed by atoms with van der Waals surface area (Å²) in [6, 6.07) is 5.87. The number of para-hydroxylation sites is 1. The van der Waals surface area contributed by atoms with Crippen molar-refractivity contribution in [3.63, 3.8) is 0 Å². The molecule has 0 saturated heterocycles. The lowest BCUT2D eigenvalue weighted by atomic mass is 10.2. The number of aromatic nitrogens is 2. The van der Waals surface area contributed by atoms with Crippen molar-refractivity contribution >= 4 is 28.9 Å². The van der Waals surface area contributed by atoms with E-state index in [0.717, 1.165) is 34.3 Å². The van der Waals surface area contributed by atoms with Crippen molar-refractivity contribution in [2.45, 2.75) is 32.6 Å². The molecule has 0 unspecified atom stereocenters. The predicted molar refractivity (Wildman–Crippen MR) is 87.8 cm³/mol. The number of halogens is 1. The molecule has 0 radical (unpaired) electrons. The lowest BCUT2D eigenvalue weighted by molar-refractivity contribution is 0.923. The van der Waals surface area contributed by atoms with E-state index in [0.29, 0.717) is 10.9 Å². The summed E-state index contributed by atoms with van der Waals surface area (Å²) in [5.74, 6) is 3.12. The Morgan fingerprint density at radius 3 is 2.48 bits per heavy atom. The zero-order valence-corrected chi connectivity index (χ0v) is 13.3. The van der Waals surface area contributed by atoms with Crippen LogP contribution in [-0.4, -0.2) is 17.0 Å². The number of hydrogen-bond acceptors (Lipinski definition) is 4. The van der Waals surface area contributed by atoms with Crippen molar-refractivity contribution in [1.82, 2.24) is 9.97 Å². The van der Waals surface area contributed by atoms with E-state index in [1.165, 1.54) is 12.8 Å². The maximum atomic E-state index is 6.30. The molecule has 21 heavy (non-hydrogen) atoms. The van der Waals surface area contributed by atoms with Crippen LogP contribution in [0, 0.1) is 13.8 Å². The summed E-state index contributed by atoms with van der Waals surface area (Å²) in [4.78, 5) is 9.30. The largest absolute Gasteiger partial charge is 0.373 e. The first-order chi connectivity index (χ1) is 10.1. The normalized spacial score (nSPS) is 14.1. The van der Waals surface area contributed by atoms with Gasteiger partial charge in [-0.3, -0.25) is 0 Å². The number of anilines is 3. The quantitative estimate of drug-likeness (QED) is 0.878. The molecule has 1 fully saturated rings. The minimum absolute atomic E-state index is 0.505. The van der Waals surface area contributed by atoms with Crippen LogP contribution in [0.1, 0.15) is 35.7 Å². The third-order valence-corrected chi connectivity index (χ3v) is 4.12. The first-order valence-electron chi connectivity index (χ1n) is 7.18. The zero-order valence-electron chi connectivity index (χ0n) is 12.5. The topological polar surface area (TPSA) is 49.8 Å². The van der Waals surface area contributed by atoms with Crippen molar-refractivity contribution in [2.75, 3.05) is 17.7 Å². The number of nitrogens with zero attached hydrogens (tertiary/aromatic N) is 2. The highest BCUT2D eigenvalue weighted by Gasteiger charge is 2.28. The second-order valence-electron chi connectivity index (χ2n) is 5.49. The molecule has 1 aromatic carbocycles. The lowest BCUT2D eigenvalue weighted by Gasteiger charge is -2.16. The third kappa shape index (κ3) is 2.81. The van der Waals surface area contributed by atoms with E-state index in [1.807, 2.05) is 39.1 Å². The molecule has 0 aliphatic heterocycles. The Hall–Kier alpha value is -1.81. The summed E-state index contributed by atoms with van der Waals surface area (Å²) in [6.07, 6.45) is 2.35. The minimum atomic E-state index is 0.505. The lowest BCUT2D eigenvalue weighted by Crippen LogP contribution is -2.07. The van der Waals surface area contributed by atoms with Gasteiger partial charge in [-0.25, -0.2) is 9.97 Å². The summed E-state index contributed by atoms with van der Waals surface area (Å²) >= 11 is 6.30. The molecule has 0 bridgehead atoms. The van der Waals surface area contributed by atoms with Crippen LogP contribution in [0.5, 0.6) is 0 Å². The first kappa shape index (κ1) is 14.1. The maximum absolute atomic E-state index is 6.30. The molecule has 0 amide bonds. The fourth-order valence-electron chi connectivity index (χ4n) is 2.33. The molecule has 1 saturated carbocycles. The fourth-order valence-corrected chi connectivity index (χ4v) is 2.60. The van der Waals surface area contributed by atoms with Gasteiger partial charge in [0.25, 0.3) is 0 Å². The Morgan fingerprint density at radius 2 is 1.86 bits per heavy atom. The molecule has 1 aliphatic carbocycles. The molecule has 2 aromatic rings. The van der Waals surface area contributed by atoms with Gasteiger partial charge in [0, 0.05) is 18.5 Å². The Bertz CT molecular complexity index is 660. The van der Waals surface area contributed by atoms with Gasteiger partial charge in [0.15, 0.2) is 0 Å². The predicted octanol–water partition coefficient (Wildman–Crippen LogP) is 4.41. The zero-order chi connectivity index (χ0) is 15.0. The minimum Gasteiger partial charge on any atom is -0.373 e. The Labute approximate surface area is 130 Å². The average molecular weight is 303 g/mol. The van der Waals surface area contributed by atoms with E-state index in [1.54, 1.807) is 0 Å². The van der Waals surface area contributed by atoms with Crippen molar-refractivity contribution in [3.8, 4) is 0 Å². The molecule has 1 heterocycles. The number of rotatable bonds is 4. The summed E-state index contributed by atoms with van der Waals surface area (Å²) in [6.45, 7) is 4.04. The van der Waals surface area contributed by atoms with Gasteiger partial charge < -0.3 is 10.6 Å². The highest BCUT2D eigenvalue weighted by atomic mass is 35.5. The van der Waals surface area contributed by atoms with Gasteiger partial charge in [-0.15, -0.1) is 0 Å². The second-order valence-corrected chi connectivity index (χ2v) is 5.89. The van der Waals surface area contributed by atoms with Crippen LogP contribution in [0.4, 0.5) is 17.3 Å². The van der Waals surface area contributed by atoms with Gasteiger partial charge in [0.2, 0.25) is 0 Å². The van der Waals surface area contributed by atoms with Crippen LogP contribution in [0.2, 0.25) is 5.02 Å². The molecule has 1 aromatic heterocycles. The highest BCUT2D eigenvalue weighted by Crippen LogP contribution is 2.40. The molecule has 0 spiro atoms. The van der Waals surface area contributed by atoms with Gasteiger partial charge in [-0.05, 0) is 38.3 Å². The van der Waals surface area contributed by atoms with Crippen molar-refractivity contribution in [1.29, 1.82) is 0 Å². The molecule has 0 atom stereocenters. The van der Waals surface area contributed by atoms with E-state index in [9.17, 15) is 0 Å². The van der Waals surface area contributed by atoms with Gasteiger partial charge in [-0.2, -0.15) is 0 Å². The van der Waals surface area contributed by atoms with E-state index < -0.39 is 0 Å². The van der Waals surface area contributed by atoms with E-state index in [2.05, 4.69) is 15.6 Å². The Morgan fingerprint density at radius 1 is 1.14 bits per heavy atom. The van der Waals surface area contributed by atoms with Crippen molar-refractivity contribution in [2.24, 2.45) is 0 Å². The summed E-state index contributed by atoms with van der Waals surface area (Å²) in [5, 5.41) is 7.23.